The number of benzene rings is 1. The average molecular weight is 331 g/mol. The predicted octanol–water partition coefficient (Wildman–Crippen LogP) is 0.757. The summed E-state index contributed by atoms with van der Waals surface area (Å²) in [6.07, 6.45) is 0. The number of carbonyl (C=O) groups excluding carboxylic acids is 1. The van der Waals surface area contributed by atoms with Crippen molar-refractivity contribution in [1.82, 2.24) is 9.62 Å². The number of thioether (sulfide) groups is 1. The largest absolute Gasteiger partial charge is 0.398 e. The van der Waals surface area contributed by atoms with E-state index in [2.05, 4.69) is 4.72 Å². The van der Waals surface area contributed by atoms with Crippen molar-refractivity contribution < 1.29 is 13.2 Å². The van der Waals surface area contributed by atoms with Gasteiger partial charge >= 0.3 is 0 Å². The molecule has 0 aromatic heterocycles. The van der Waals surface area contributed by atoms with Crippen LogP contribution >= 0.6 is 11.8 Å². The van der Waals surface area contributed by atoms with E-state index in [9.17, 15) is 13.2 Å². The van der Waals surface area contributed by atoms with Gasteiger partial charge in [-0.3, -0.25) is 4.79 Å². The first-order chi connectivity index (χ1) is 9.73. The number of nitrogens with two attached hydrogens (primary N) is 1. The van der Waals surface area contributed by atoms with E-state index in [4.69, 9.17) is 5.73 Å². The molecule has 0 saturated carbocycles. The number of hydrogen-bond donors (Lipinski definition) is 2. The summed E-state index contributed by atoms with van der Waals surface area (Å²) in [7, 11) is -0.333. The van der Waals surface area contributed by atoms with Crippen LogP contribution in [0.3, 0.4) is 0 Å². The predicted molar refractivity (Wildman–Crippen MR) is 86.7 cm³/mol. The van der Waals surface area contributed by atoms with Crippen LogP contribution < -0.4 is 10.5 Å². The minimum Gasteiger partial charge on any atom is -0.398 e. The number of sulfonamides is 1. The zero-order chi connectivity index (χ0) is 16.0. The third-order valence-electron chi connectivity index (χ3n) is 2.70. The molecule has 21 heavy (non-hydrogen) atoms. The Bertz CT molecular complexity index is 588. The molecule has 0 heterocycles. The lowest BCUT2D eigenvalue weighted by Crippen LogP contribution is -2.45. The number of nitrogen functional groups attached to an aromatic ring is 1. The maximum atomic E-state index is 11.9. The number of amides is 1. The van der Waals surface area contributed by atoms with E-state index in [1.165, 1.54) is 23.6 Å². The first-order valence-electron chi connectivity index (χ1n) is 6.41. The molecule has 1 rings (SSSR count). The molecule has 118 valence electrons. The molecule has 0 aliphatic heterocycles. The number of nitrogens with zero attached hydrogens (tertiary/aromatic N) is 1. The van der Waals surface area contributed by atoms with Crippen LogP contribution in [0.15, 0.2) is 29.2 Å². The van der Waals surface area contributed by atoms with Crippen LogP contribution in [0.5, 0.6) is 0 Å². The summed E-state index contributed by atoms with van der Waals surface area (Å²) >= 11 is 1.38. The Labute approximate surface area is 130 Å². The van der Waals surface area contributed by atoms with Gasteiger partial charge in [-0.2, -0.15) is 0 Å². The number of para-hydroxylation sites is 1. The number of nitrogens with one attached hydrogen (secondary N) is 1. The summed E-state index contributed by atoms with van der Waals surface area (Å²) in [4.78, 5) is 13.8. The number of hydrogen-bond acceptors (Lipinski definition) is 5. The lowest BCUT2D eigenvalue weighted by Gasteiger charge is -2.18. The Morgan fingerprint density at radius 3 is 2.57 bits per heavy atom. The van der Waals surface area contributed by atoms with E-state index in [1.54, 1.807) is 20.2 Å². The molecule has 1 atom stereocenters. The molecule has 1 amide bonds. The Morgan fingerprint density at radius 1 is 1.38 bits per heavy atom. The molecule has 0 radical (unpaired) electrons. The average Bonchev–Trinajstić information content (AvgIpc) is 2.39. The summed E-state index contributed by atoms with van der Waals surface area (Å²) in [5.74, 6) is 0.0160. The fourth-order valence-corrected chi connectivity index (χ4v) is 4.24. The zero-order valence-corrected chi connectivity index (χ0v) is 14.0. The summed E-state index contributed by atoms with van der Waals surface area (Å²) < 4.78 is 26.2. The summed E-state index contributed by atoms with van der Waals surface area (Å²) in [5, 5.41) is 0. The Hall–Kier alpha value is -1.25. The molecule has 3 N–H and O–H groups in total. The van der Waals surface area contributed by atoms with Crippen LogP contribution in [-0.4, -0.2) is 50.9 Å². The Morgan fingerprint density at radius 2 is 2.00 bits per heavy atom. The molecule has 0 aliphatic carbocycles. The second-order valence-electron chi connectivity index (χ2n) is 4.78. The highest BCUT2D eigenvalue weighted by molar-refractivity contribution is 8.00. The number of likely N-dealkylation sites (N-methyl/N-ethyl adjacent to an activating group) is 1. The van der Waals surface area contributed by atoms with Gasteiger partial charge in [0.25, 0.3) is 0 Å². The SMILES string of the molecule is CC(NS(=O)(=O)CCSc1ccccc1N)C(=O)N(C)C. The molecule has 0 spiro atoms. The van der Waals surface area contributed by atoms with E-state index in [0.29, 0.717) is 11.4 Å². The third kappa shape index (κ3) is 5.94. The number of anilines is 1. The van der Waals surface area contributed by atoms with Gasteiger partial charge in [0.15, 0.2) is 0 Å². The smallest absolute Gasteiger partial charge is 0.239 e. The van der Waals surface area contributed by atoms with Crippen molar-refractivity contribution in [1.29, 1.82) is 0 Å². The van der Waals surface area contributed by atoms with Crippen molar-refractivity contribution in [2.45, 2.75) is 17.9 Å². The normalized spacial score (nSPS) is 12.9. The molecule has 0 aliphatic rings. The highest BCUT2D eigenvalue weighted by Gasteiger charge is 2.21. The van der Waals surface area contributed by atoms with Crippen LogP contribution in [0.25, 0.3) is 0 Å². The molecule has 1 aromatic rings. The van der Waals surface area contributed by atoms with Gasteiger partial charge in [0.05, 0.1) is 11.8 Å². The minimum absolute atomic E-state index is 0.0724. The second kappa shape index (κ2) is 7.67. The molecule has 1 aromatic carbocycles. The van der Waals surface area contributed by atoms with Crippen molar-refractivity contribution in [3.8, 4) is 0 Å². The fraction of sp³-hybridized carbons (Fsp3) is 0.462. The highest BCUT2D eigenvalue weighted by atomic mass is 32.2. The summed E-state index contributed by atoms with van der Waals surface area (Å²) in [5.41, 5.74) is 6.42. The maximum Gasteiger partial charge on any atom is 0.239 e. The molecule has 0 fully saturated rings. The van der Waals surface area contributed by atoms with E-state index in [0.717, 1.165) is 4.90 Å². The van der Waals surface area contributed by atoms with Crippen LogP contribution in [0.1, 0.15) is 6.92 Å². The van der Waals surface area contributed by atoms with E-state index in [-0.39, 0.29) is 11.7 Å². The zero-order valence-electron chi connectivity index (χ0n) is 12.4. The maximum absolute atomic E-state index is 11.9. The van der Waals surface area contributed by atoms with E-state index in [1.807, 2.05) is 18.2 Å². The van der Waals surface area contributed by atoms with Crippen LogP contribution in [-0.2, 0) is 14.8 Å². The standard InChI is InChI=1S/C13H21N3O3S2/c1-10(13(17)16(2)3)15-21(18,19)9-8-20-12-7-5-4-6-11(12)14/h4-7,10,15H,8-9,14H2,1-3H3. The molecule has 0 saturated heterocycles. The molecule has 1 unspecified atom stereocenters. The minimum atomic E-state index is -3.50. The van der Waals surface area contributed by atoms with E-state index < -0.39 is 16.1 Å². The van der Waals surface area contributed by atoms with Crippen LogP contribution in [0.2, 0.25) is 0 Å². The highest BCUT2D eigenvalue weighted by Crippen LogP contribution is 2.24. The van der Waals surface area contributed by atoms with Crippen molar-refractivity contribution >= 4 is 33.4 Å². The van der Waals surface area contributed by atoms with Crippen LogP contribution in [0.4, 0.5) is 5.69 Å². The van der Waals surface area contributed by atoms with Crippen molar-refractivity contribution in [2.24, 2.45) is 0 Å². The summed E-state index contributed by atoms with van der Waals surface area (Å²) in [6, 6.07) is 6.53. The van der Waals surface area contributed by atoms with Crippen molar-refractivity contribution in [3.05, 3.63) is 24.3 Å². The van der Waals surface area contributed by atoms with Gasteiger partial charge in [-0.05, 0) is 19.1 Å². The molecular weight excluding hydrogens is 310 g/mol. The van der Waals surface area contributed by atoms with Gasteiger partial charge < -0.3 is 10.6 Å². The van der Waals surface area contributed by atoms with Crippen LogP contribution in [0, 0.1) is 0 Å². The molecular formula is C13H21N3O3S2. The van der Waals surface area contributed by atoms with E-state index >= 15 is 0 Å². The first kappa shape index (κ1) is 17.8. The summed E-state index contributed by atoms with van der Waals surface area (Å²) in [6.45, 7) is 1.53. The lowest BCUT2D eigenvalue weighted by atomic mass is 10.3. The first-order valence-corrected chi connectivity index (χ1v) is 9.05. The molecule has 0 bridgehead atoms. The number of carbonyl (C=O) groups is 1. The van der Waals surface area contributed by atoms with Crippen molar-refractivity contribution in [2.75, 3.05) is 31.3 Å². The van der Waals surface area contributed by atoms with Gasteiger partial charge in [0.2, 0.25) is 15.9 Å². The van der Waals surface area contributed by atoms with Gasteiger partial charge in [-0.15, -0.1) is 11.8 Å². The monoisotopic (exact) mass is 331 g/mol. The fourth-order valence-electron chi connectivity index (χ4n) is 1.64. The second-order valence-corrected chi connectivity index (χ2v) is 7.79. The quantitative estimate of drug-likeness (QED) is 0.568. The van der Waals surface area contributed by atoms with Gasteiger partial charge in [-0.1, -0.05) is 12.1 Å². The molecule has 6 nitrogen and oxygen atoms in total. The lowest BCUT2D eigenvalue weighted by molar-refractivity contribution is -0.130. The topological polar surface area (TPSA) is 92.5 Å². The Kier molecular flexibility index (Phi) is 6.50. The van der Waals surface area contributed by atoms with Crippen molar-refractivity contribution in [3.63, 3.8) is 0 Å². The third-order valence-corrected chi connectivity index (χ3v) is 5.50. The Balaban J connectivity index is 2.50. The van der Waals surface area contributed by atoms with Gasteiger partial charge in [-0.25, -0.2) is 13.1 Å². The van der Waals surface area contributed by atoms with Gasteiger partial charge in [0, 0.05) is 30.4 Å². The molecule has 8 heteroatoms. The van der Waals surface area contributed by atoms with Gasteiger partial charge in [0.1, 0.15) is 0 Å². The number of rotatable bonds is 7.